The van der Waals surface area contributed by atoms with Crippen molar-refractivity contribution in [2.75, 3.05) is 12.8 Å². The van der Waals surface area contributed by atoms with Gasteiger partial charge in [0, 0.05) is 18.1 Å². The minimum absolute atomic E-state index is 0.0613. The first-order chi connectivity index (χ1) is 10.6. The molecule has 112 valence electrons. The average molecular weight is 312 g/mol. The zero-order valence-corrected chi connectivity index (χ0v) is 13.2. The molecule has 0 aliphatic rings. The highest BCUT2D eigenvalue weighted by molar-refractivity contribution is 7.21. The lowest BCUT2D eigenvalue weighted by atomic mass is 10.1. The number of pyridine rings is 1. The Kier molecular flexibility index (Phi) is 3.92. The number of rotatable bonds is 4. The standard InChI is InChI=1S/C17H16N2O2S/c1-10-8-12(9-21-2)19-17-13(10)14(18)16(22-17)15(20)11-6-4-3-5-7-11/h3-8H,9,18H2,1-2H3. The summed E-state index contributed by atoms with van der Waals surface area (Å²) in [5.41, 5.74) is 9.22. The number of fused-ring (bicyclic) bond motifs is 1. The topological polar surface area (TPSA) is 65.2 Å². The maximum absolute atomic E-state index is 12.6. The predicted molar refractivity (Wildman–Crippen MR) is 89.4 cm³/mol. The lowest BCUT2D eigenvalue weighted by molar-refractivity contribution is 0.104. The number of hydrogen-bond acceptors (Lipinski definition) is 5. The molecule has 0 amide bonds. The summed E-state index contributed by atoms with van der Waals surface area (Å²) < 4.78 is 5.13. The summed E-state index contributed by atoms with van der Waals surface area (Å²) >= 11 is 1.34. The van der Waals surface area contributed by atoms with Crippen molar-refractivity contribution in [3.8, 4) is 0 Å². The number of thiophene rings is 1. The molecule has 2 aromatic heterocycles. The Balaban J connectivity index is 2.14. The van der Waals surface area contributed by atoms with Gasteiger partial charge in [0.1, 0.15) is 9.71 Å². The lowest BCUT2D eigenvalue weighted by Gasteiger charge is -2.03. The van der Waals surface area contributed by atoms with E-state index in [0.717, 1.165) is 21.5 Å². The molecule has 2 N–H and O–H groups in total. The van der Waals surface area contributed by atoms with Crippen LogP contribution in [0.25, 0.3) is 10.2 Å². The van der Waals surface area contributed by atoms with Crippen molar-refractivity contribution >= 4 is 33.0 Å². The van der Waals surface area contributed by atoms with E-state index in [1.54, 1.807) is 19.2 Å². The van der Waals surface area contributed by atoms with Crippen LogP contribution in [0.5, 0.6) is 0 Å². The highest BCUT2D eigenvalue weighted by Crippen LogP contribution is 2.36. The number of aromatic nitrogens is 1. The number of benzene rings is 1. The molecule has 0 bridgehead atoms. The fourth-order valence-electron chi connectivity index (χ4n) is 2.49. The van der Waals surface area contributed by atoms with Crippen LogP contribution in [0.2, 0.25) is 0 Å². The molecule has 0 spiro atoms. The van der Waals surface area contributed by atoms with E-state index in [0.29, 0.717) is 22.7 Å². The average Bonchev–Trinajstić information content (AvgIpc) is 2.85. The van der Waals surface area contributed by atoms with Crippen LogP contribution in [-0.4, -0.2) is 17.9 Å². The molecule has 0 aliphatic heterocycles. The van der Waals surface area contributed by atoms with Gasteiger partial charge in [-0.15, -0.1) is 11.3 Å². The van der Waals surface area contributed by atoms with Gasteiger partial charge < -0.3 is 10.5 Å². The third-order valence-electron chi connectivity index (χ3n) is 3.48. The number of hydrogen-bond donors (Lipinski definition) is 1. The number of methoxy groups -OCH3 is 1. The van der Waals surface area contributed by atoms with Gasteiger partial charge in [-0.2, -0.15) is 0 Å². The largest absolute Gasteiger partial charge is 0.397 e. The van der Waals surface area contributed by atoms with Crippen LogP contribution < -0.4 is 5.73 Å². The number of carbonyl (C=O) groups is 1. The summed E-state index contributed by atoms with van der Waals surface area (Å²) in [4.78, 5) is 18.5. The van der Waals surface area contributed by atoms with Crippen molar-refractivity contribution in [3.63, 3.8) is 0 Å². The zero-order chi connectivity index (χ0) is 15.7. The first-order valence-corrected chi connectivity index (χ1v) is 7.70. The molecule has 4 nitrogen and oxygen atoms in total. The van der Waals surface area contributed by atoms with Gasteiger partial charge in [0.15, 0.2) is 0 Å². The fourth-order valence-corrected chi connectivity index (χ4v) is 3.64. The van der Waals surface area contributed by atoms with Gasteiger partial charge in [-0.25, -0.2) is 4.98 Å². The van der Waals surface area contributed by atoms with Gasteiger partial charge in [-0.3, -0.25) is 4.79 Å². The van der Waals surface area contributed by atoms with Gasteiger partial charge in [-0.1, -0.05) is 30.3 Å². The molecule has 0 radical (unpaired) electrons. The van der Waals surface area contributed by atoms with E-state index >= 15 is 0 Å². The monoisotopic (exact) mass is 312 g/mol. The van der Waals surface area contributed by atoms with Crippen molar-refractivity contribution in [2.45, 2.75) is 13.5 Å². The zero-order valence-electron chi connectivity index (χ0n) is 12.4. The number of aryl methyl sites for hydroxylation is 1. The maximum Gasteiger partial charge on any atom is 0.205 e. The van der Waals surface area contributed by atoms with E-state index < -0.39 is 0 Å². The van der Waals surface area contributed by atoms with E-state index in [4.69, 9.17) is 10.5 Å². The van der Waals surface area contributed by atoms with Crippen LogP contribution in [0.3, 0.4) is 0 Å². The Hall–Kier alpha value is -2.24. The Morgan fingerprint density at radius 2 is 2.05 bits per heavy atom. The first-order valence-electron chi connectivity index (χ1n) is 6.89. The lowest BCUT2D eigenvalue weighted by Crippen LogP contribution is -2.01. The molecule has 0 aliphatic carbocycles. The predicted octanol–water partition coefficient (Wildman–Crippen LogP) is 3.56. The van der Waals surface area contributed by atoms with E-state index in [1.165, 1.54) is 11.3 Å². The number of anilines is 1. The first kappa shape index (κ1) is 14.7. The molecule has 0 saturated carbocycles. The Morgan fingerprint density at radius 3 is 2.73 bits per heavy atom. The molecular formula is C17H16N2O2S. The van der Waals surface area contributed by atoms with Gasteiger partial charge in [-0.05, 0) is 18.6 Å². The molecule has 0 unspecified atom stereocenters. The van der Waals surface area contributed by atoms with Crippen LogP contribution in [0.4, 0.5) is 5.69 Å². The van der Waals surface area contributed by atoms with Gasteiger partial charge in [0.25, 0.3) is 0 Å². The van der Waals surface area contributed by atoms with Gasteiger partial charge in [0.2, 0.25) is 5.78 Å². The van der Waals surface area contributed by atoms with Crippen LogP contribution >= 0.6 is 11.3 Å². The molecular weight excluding hydrogens is 296 g/mol. The van der Waals surface area contributed by atoms with Crippen LogP contribution in [0.15, 0.2) is 36.4 Å². The second-order valence-electron chi connectivity index (χ2n) is 5.08. The Labute approximate surface area is 132 Å². The fraction of sp³-hybridized carbons (Fsp3) is 0.176. The highest BCUT2D eigenvalue weighted by atomic mass is 32.1. The van der Waals surface area contributed by atoms with Crippen molar-refractivity contribution < 1.29 is 9.53 Å². The summed E-state index contributed by atoms with van der Waals surface area (Å²) in [7, 11) is 1.63. The molecule has 0 atom stereocenters. The highest BCUT2D eigenvalue weighted by Gasteiger charge is 2.20. The summed E-state index contributed by atoms with van der Waals surface area (Å²) in [6.45, 7) is 2.42. The van der Waals surface area contributed by atoms with Crippen LogP contribution in [0, 0.1) is 6.92 Å². The van der Waals surface area contributed by atoms with E-state index in [2.05, 4.69) is 4.98 Å². The molecule has 1 aromatic carbocycles. The smallest absolute Gasteiger partial charge is 0.205 e. The third-order valence-corrected chi connectivity index (χ3v) is 4.58. The molecule has 5 heteroatoms. The summed E-state index contributed by atoms with van der Waals surface area (Å²) in [5.74, 6) is -0.0613. The van der Waals surface area contributed by atoms with Crippen molar-refractivity contribution in [1.29, 1.82) is 0 Å². The van der Waals surface area contributed by atoms with Crippen molar-refractivity contribution in [2.24, 2.45) is 0 Å². The van der Waals surface area contributed by atoms with Gasteiger partial charge >= 0.3 is 0 Å². The molecule has 0 saturated heterocycles. The normalized spacial score (nSPS) is 11.0. The second-order valence-corrected chi connectivity index (χ2v) is 6.08. The molecule has 3 rings (SSSR count). The van der Waals surface area contributed by atoms with Crippen molar-refractivity contribution in [3.05, 3.63) is 58.1 Å². The summed E-state index contributed by atoms with van der Waals surface area (Å²) in [6, 6.07) is 11.1. The van der Waals surface area contributed by atoms with Crippen LogP contribution in [0.1, 0.15) is 26.5 Å². The number of carbonyl (C=O) groups excluding carboxylic acids is 1. The number of nitrogen functional groups attached to an aromatic ring is 1. The summed E-state index contributed by atoms with van der Waals surface area (Å²) in [5, 5.41) is 0.865. The third kappa shape index (κ3) is 2.49. The van der Waals surface area contributed by atoms with E-state index in [9.17, 15) is 4.79 Å². The van der Waals surface area contributed by atoms with Crippen molar-refractivity contribution in [1.82, 2.24) is 4.98 Å². The number of ether oxygens (including phenoxy) is 1. The molecule has 22 heavy (non-hydrogen) atoms. The molecule has 3 aromatic rings. The number of nitrogens with zero attached hydrogens (tertiary/aromatic N) is 1. The van der Waals surface area contributed by atoms with E-state index in [-0.39, 0.29) is 5.78 Å². The second kappa shape index (κ2) is 5.87. The number of ketones is 1. The minimum atomic E-state index is -0.0613. The number of nitrogens with two attached hydrogens (primary N) is 1. The Morgan fingerprint density at radius 1 is 1.32 bits per heavy atom. The van der Waals surface area contributed by atoms with Gasteiger partial charge in [0.05, 0.1) is 18.0 Å². The maximum atomic E-state index is 12.6. The Bertz CT molecular complexity index is 841. The van der Waals surface area contributed by atoms with Crippen LogP contribution in [-0.2, 0) is 11.3 Å². The summed E-state index contributed by atoms with van der Waals surface area (Å²) in [6.07, 6.45) is 0. The SMILES string of the molecule is COCc1cc(C)c2c(N)c(C(=O)c3ccccc3)sc2n1. The molecule has 2 heterocycles. The quantitative estimate of drug-likeness (QED) is 0.748. The minimum Gasteiger partial charge on any atom is -0.397 e. The van der Waals surface area contributed by atoms with E-state index in [1.807, 2.05) is 31.2 Å². The molecule has 0 fully saturated rings.